The minimum absolute atomic E-state index is 0.160. The second-order valence-electron chi connectivity index (χ2n) is 5.81. The molecule has 10 heteroatoms. The van der Waals surface area contributed by atoms with Gasteiger partial charge in [0.25, 0.3) is 0 Å². The zero-order chi connectivity index (χ0) is 20.1. The Morgan fingerprint density at radius 2 is 1.75 bits per heavy atom. The van der Waals surface area contributed by atoms with Gasteiger partial charge >= 0.3 is 6.18 Å². The number of thioether (sulfide) groups is 1. The molecule has 28 heavy (non-hydrogen) atoms. The topological polar surface area (TPSA) is 85.8 Å². The number of alkyl halides is 3. The van der Waals surface area contributed by atoms with Crippen LogP contribution in [0.3, 0.4) is 0 Å². The number of carbonyl (C=O) groups is 1. The van der Waals surface area contributed by atoms with Crippen molar-refractivity contribution in [3.63, 3.8) is 0 Å². The second kappa shape index (κ2) is 8.34. The lowest BCUT2D eigenvalue weighted by Crippen LogP contribution is -2.19. The van der Waals surface area contributed by atoms with E-state index in [2.05, 4.69) is 15.5 Å². The highest BCUT2D eigenvalue weighted by molar-refractivity contribution is 7.99. The molecular formula is C18H16F3N5OS. The van der Waals surface area contributed by atoms with E-state index in [-0.39, 0.29) is 11.4 Å². The molecule has 2 aromatic carbocycles. The first-order valence-electron chi connectivity index (χ1n) is 8.17. The molecule has 3 aromatic rings. The van der Waals surface area contributed by atoms with E-state index in [9.17, 15) is 18.0 Å². The number of para-hydroxylation sites is 1. The Bertz CT molecular complexity index is 959. The summed E-state index contributed by atoms with van der Waals surface area (Å²) in [6, 6.07) is 14.3. The van der Waals surface area contributed by atoms with Crippen molar-refractivity contribution in [2.45, 2.75) is 17.8 Å². The number of halogens is 3. The summed E-state index contributed by atoms with van der Waals surface area (Å²) in [5, 5.41) is 10.5. The van der Waals surface area contributed by atoms with Crippen LogP contribution in [0.2, 0.25) is 0 Å². The smallest absolute Gasteiger partial charge is 0.336 e. The number of nitrogens with zero attached hydrogens (tertiary/aromatic N) is 3. The number of amides is 1. The highest BCUT2D eigenvalue weighted by atomic mass is 32.2. The van der Waals surface area contributed by atoms with Crippen LogP contribution in [0.4, 0.5) is 18.9 Å². The van der Waals surface area contributed by atoms with Crippen LogP contribution in [-0.2, 0) is 17.4 Å². The largest absolute Gasteiger partial charge is 0.418 e. The number of hydrogen-bond donors (Lipinski definition) is 2. The third-order valence-corrected chi connectivity index (χ3v) is 4.72. The van der Waals surface area contributed by atoms with Gasteiger partial charge in [0.05, 0.1) is 17.0 Å². The fraction of sp³-hybridized carbons (Fsp3) is 0.167. The van der Waals surface area contributed by atoms with E-state index in [1.54, 1.807) is 0 Å². The standard InChI is InChI=1S/C18H16F3N5OS/c19-18(20,21)13-8-4-5-9-14(13)23-16(27)11-28-17-25-24-15(26(17)22)10-12-6-2-1-3-7-12/h1-9H,10-11,22H2,(H,23,27). The summed E-state index contributed by atoms with van der Waals surface area (Å²) in [5.41, 5.74) is -0.195. The summed E-state index contributed by atoms with van der Waals surface area (Å²) >= 11 is 0.990. The molecule has 0 spiro atoms. The van der Waals surface area contributed by atoms with Crippen molar-refractivity contribution in [1.29, 1.82) is 0 Å². The Kier molecular flexibility index (Phi) is 5.88. The molecule has 1 aromatic heterocycles. The number of anilines is 1. The third-order valence-electron chi connectivity index (χ3n) is 3.78. The van der Waals surface area contributed by atoms with Gasteiger partial charge in [-0.05, 0) is 17.7 Å². The van der Waals surface area contributed by atoms with Gasteiger partial charge in [-0.25, -0.2) is 4.68 Å². The normalized spacial score (nSPS) is 11.4. The Hall–Kier alpha value is -3.01. The molecule has 3 rings (SSSR count). The number of nitrogen functional groups attached to an aromatic ring is 1. The summed E-state index contributed by atoms with van der Waals surface area (Å²) < 4.78 is 40.2. The van der Waals surface area contributed by atoms with Crippen LogP contribution in [0.25, 0.3) is 0 Å². The van der Waals surface area contributed by atoms with Gasteiger partial charge in [0, 0.05) is 6.42 Å². The molecule has 146 valence electrons. The maximum Gasteiger partial charge on any atom is 0.418 e. The molecule has 0 saturated carbocycles. The van der Waals surface area contributed by atoms with Gasteiger partial charge in [0.1, 0.15) is 0 Å². The van der Waals surface area contributed by atoms with Crippen molar-refractivity contribution in [3.05, 3.63) is 71.5 Å². The fourth-order valence-corrected chi connectivity index (χ4v) is 3.14. The van der Waals surface area contributed by atoms with Crippen LogP contribution >= 0.6 is 11.8 Å². The minimum atomic E-state index is -4.55. The predicted molar refractivity (Wildman–Crippen MR) is 100 cm³/mol. The highest BCUT2D eigenvalue weighted by Crippen LogP contribution is 2.34. The van der Waals surface area contributed by atoms with Crippen LogP contribution in [0.5, 0.6) is 0 Å². The summed E-state index contributed by atoms with van der Waals surface area (Å²) in [4.78, 5) is 12.1. The molecule has 1 heterocycles. The van der Waals surface area contributed by atoms with Gasteiger partial charge in [0.15, 0.2) is 5.82 Å². The predicted octanol–water partition coefficient (Wildman–Crippen LogP) is 3.33. The molecule has 0 unspecified atom stereocenters. The Labute approximate surface area is 162 Å². The Balaban J connectivity index is 1.62. The first-order chi connectivity index (χ1) is 13.3. The zero-order valence-corrected chi connectivity index (χ0v) is 15.3. The zero-order valence-electron chi connectivity index (χ0n) is 14.5. The number of benzene rings is 2. The van der Waals surface area contributed by atoms with E-state index in [1.807, 2.05) is 30.3 Å². The third kappa shape index (κ3) is 4.83. The molecule has 1 amide bonds. The lowest BCUT2D eigenvalue weighted by Gasteiger charge is -2.13. The van der Waals surface area contributed by atoms with Crippen LogP contribution in [0.15, 0.2) is 59.8 Å². The first-order valence-corrected chi connectivity index (χ1v) is 9.15. The molecule has 0 atom stereocenters. The summed E-state index contributed by atoms with van der Waals surface area (Å²) in [7, 11) is 0. The van der Waals surface area contributed by atoms with Crippen molar-refractivity contribution in [2.24, 2.45) is 0 Å². The van der Waals surface area contributed by atoms with Crippen molar-refractivity contribution in [2.75, 3.05) is 16.9 Å². The van der Waals surface area contributed by atoms with E-state index < -0.39 is 17.6 Å². The molecule has 0 fully saturated rings. The quantitative estimate of drug-likeness (QED) is 0.484. The minimum Gasteiger partial charge on any atom is -0.336 e. The number of hydrogen-bond acceptors (Lipinski definition) is 5. The lowest BCUT2D eigenvalue weighted by atomic mass is 10.1. The molecule has 6 nitrogen and oxygen atoms in total. The maximum absolute atomic E-state index is 13.0. The Morgan fingerprint density at radius 3 is 2.46 bits per heavy atom. The van der Waals surface area contributed by atoms with Crippen LogP contribution < -0.4 is 11.2 Å². The Morgan fingerprint density at radius 1 is 1.07 bits per heavy atom. The first kappa shape index (κ1) is 19.7. The van der Waals surface area contributed by atoms with Crippen LogP contribution in [0, 0.1) is 0 Å². The number of carbonyl (C=O) groups excluding carboxylic acids is 1. The molecule has 3 N–H and O–H groups in total. The number of nitrogens with two attached hydrogens (primary N) is 1. The van der Waals surface area contributed by atoms with E-state index >= 15 is 0 Å². The summed E-state index contributed by atoms with van der Waals surface area (Å²) in [5.74, 6) is 5.71. The second-order valence-corrected chi connectivity index (χ2v) is 6.75. The van der Waals surface area contributed by atoms with Gasteiger partial charge in [-0.3, -0.25) is 4.79 Å². The molecule has 0 bridgehead atoms. The van der Waals surface area contributed by atoms with Gasteiger partial charge in [-0.2, -0.15) is 13.2 Å². The van der Waals surface area contributed by atoms with Crippen LogP contribution in [-0.4, -0.2) is 26.5 Å². The lowest BCUT2D eigenvalue weighted by molar-refractivity contribution is -0.137. The van der Waals surface area contributed by atoms with E-state index in [0.717, 1.165) is 23.4 Å². The maximum atomic E-state index is 13.0. The van der Waals surface area contributed by atoms with E-state index in [0.29, 0.717) is 17.4 Å². The van der Waals surface area contributed by atoms with E-state index in [1.165, 1.54) is 22.9 Å². The van der Waals surface area contributed by atoms with Gasteiger partial charge < -0.3 is 11.2 Å². The monoisotopic (exact) mass is 407 g/mol. The molecular weight excluding hydrogens is 391 g/mol. The summed E-state index contributed by atoms with van der Waals surface area (Å²) in [6.45, 7) is 0. The molecule has 0 aliphatic carbocycles. The SMILES string of the molecule is Nn1c(Cc2ccccc2)nnc1SCC(=O)Nc1ccccc1C(F)(F)F. The number of nitrogens with one attached hydrogen (secondary N) is 1. The molecule has 0 radical (unpaired) electrons. The summed E-state index contributed by atoms with van der Waals surface area (Å²) in [6.07, 6.45) is -4.09. The number of aromatic nitrogens is 3. The average Bonchev–Trinajstić information content (AvgIpc) is 3.00. The van der Waals surface area contributed by atoms with Crippen molar-refractivity contribution >= 4 is 23.4 Å². The van der Waals surface area contributed by atoms with Crippen molar-refractivity contribution < 1.29 is 18.0 Å². The van der Waals surface area contributed by atoms with Crippen LogP contribution in [0.1, 0.15) is 17.0 Å². The number of rotatable bonds is 6. The van der Waals surface area contributed by atoms with Gasteiger partial charge in [0.2, 0.25) is 11.1 Å². The molecule has 0 aliphatic rings. The van der Waals surface area contributed by atoms with Gasteiger partial charge in [-0.15, -0.1) is 10.2 Å². The average molecular weight is 407 g/mol. The fourth-order valence-electron chi connectivity index (χ4n) is 2.46. The molecule has 0 saturated heterocycles. The molecule has 0 aliphatic heterocycles. The van der Waals surface area contributed by atoms with Gasteiger partial charge in [-0.1, -0.05) is 54.2 Å². The van der Waals surface area contributed by atoms with Crippen molar-refractivity contribution in [1.82, 2.24) is 14.9 Å². The van der Waals surface area contributed by atoms with Crippen molar-refractivity contribution in [3.8, 4) is 0 Å². The highest BCUT2D eigenvalue weighted by Gasteiger charge is 2.33. The van der Waals surface area contributed by atoms with E-state index in [4.69, 9.17) is 5.84 Å².